The molecule has 0 radical (unpaired) electrons. The molecule has 2 aliphatic rings. The summed E-state index contributed by atoms with van der Waals surface area (Å²) in [5, 5.41) is 1.23. The Kier molecular flexibility index (Phi) is 4.57. The van der Waals surface area contributed by atoms with E-state index in [0.717, 1.165) is 6.54 Å². The number of likely N-dealkylation sites (tertiary alicyclic amines) is 1. The van der Waals surface area contributed by atoms with Crippen LogP contribution in [-0.4, -0.2) is 41.0 Å². The lowest BCUT2D eigenvalue weighted by Crippen LogP contribution is -2.32. The van der Waals surface area contributed by atoms with Crippen LogP contribution in [0.1, 0.15) is 42.0 Å². The van der Waals surface area contributed by atoms with E-state index in [9.17, 15) is 0 Å². The molecule has 5 heteroatoms. The van der Waals surface area contributed by atoms with Gasteiger partial charge in [-0.2, -0.15) is 0 Å². The van der Waals surface area contributed by atoms with Crippen molar-refractivity contribution in [3.8, 4) is 0 Å². The molecule has 4 rings (SSSR count). The molecule has 4 nitrogen and oxygen atoms in total. The van der Waals surface area contributed by atoms with Crippen molar-refractivity contribution in [2.75, 3.05) is 31.1 Å². The zero-order chi connectivity index (χ0) is 15.5. The summed E-state index contributed by atoms with van der Waals surface area (Å²) in [7, 11) is 0. The number of aromatic nitrogens is 2. The highest BCUT2D eigenvalue weighted by atomic mass is 32.1. The fourth-order valence-corrected chi connectivity index (χ4v) is 4.71. The summed E-state index contributed by atoms with van der Waals surface area (Å²) in [5.41, 5.74) is 1.45. The van der Waals surface area contributed by atoms with Gasteiger partial charge in [-0.15, -0.1) is 11.3 Å². The molecule has 2 aliphatic heterocycles. The fourth-order valence-electron chi connectivity index (χ4n) is 3.71. The second-order valence-corrected chi connectivity index (χ2v) is 7.73. The molecule has 0 bridgehead atoms. The number of pyridine rings is 1. The molecule has 23 heavy (non-hydrogen) atoms. The highest BCUT2D eigenvalue weighted by Gasteiger charge is 2.22. The SMILES string of the molecule is c1cc(C2CCN(Cc3cnc(N4CCCC4)s3)CC2)ccn1. The molecule has 2 aromatic heterocycles. The van der Waals surface area contributed by atoms with E-state index in [1.165, 1.54) is 67.4 Å². The van der Waals surface area contributed by atoms with E-state index < -0.39 is 0 Å². The average molecular weight is 328 g/mol. The first kappa shape index (κ1) is 15.1. The first-order chi connectivity index (χ1) is 11.4. The molecule has 0 aromatic carbocycles. The first-order valence-electron chi connectivity index (χ1n) is 8.70. The maximum Gasteiger partial charge on any atom is 0.185 e. The number of anilines is 1. The molecule has 4 heterocycles. The zero-order valence-corrected chi connectivity index (χ0v) is 14.3. The van der Waals surface area contributed by atoms with Crippen molar-refractivity contribution in [2.24, 2.45) is 0 Å². The van der Waals surface area contributed by atoms with Gasteiger partial charge in [-0.3, -0.25) is 9.88 Å². The minimum atomic E-state index is 0.705. The number of thiazole rings is 1. The number of nitrogens with zero attached hydrogens (tertiary/aromatic N) is 4. The lowest BCUT2D eigenvalue weighted by molar-refractivity contribution is 0.206. The van der Waals surface area contributed by atoms with E-state index in [1.807, 2.05) is 23.7 Å². The Morgan fingerprint density at radius 3 is 2.52 bits per heavy atom. The first-order valence-corrected chi connectivity index (χ1v) is 9.52. The molecule has 0 unspecified atom stereocenters. The fraction of sp³-hybridized carbons (Fsp3) is 0.556. The van der Waals surface area contributed by atoms with Gasteiger partial charge in [0.2, 0.25) is 0 Å². The van der Waals surface area contributed by atoms with Crippen LogP contribution in [-0.2, 0) is 6.54 Å². The Bertz CT molecular complexity index is 613. The van der Waals surface area contributed by atoms with Crippen LogP contribution in [0.3, 0.4) is 0 Å². The van der Waals surface area contributed by atoms with Gasteiger partial charge < -0.3 is 4.90 Å². The third kappa shape index (κ3) is 3.56. The Morgan fingerprint density at radius 2 is 1.78 bits per heavy atom. The number of piperidine rings is 1. The quantitative estimate of drug-likeness (QED) is 0.859. The molecule has 0 saturated carbocycles. The van der Waals surface area contributed by atoms with E-state index >= 15 is 0 Å². The Labute approximate surface area is 142 Å². The maximum atomic E-state index is 4.64. The van der Waals surface area contributed by atoms with Gasteiger partial charge in [0.25, 0.3) is 0 Å². The molecule has 0 N–H and O–H groups in total. The second-order valence-electron chi connectivity index (χ2n) is 6.63. The van der Waals surface area contributed by atoms with Crippen molar-refractivity contribution in [1.82, 2.24) is 14.9 Å². The molecular formula is C18H24N4S. The molecule has 0 spiro atoms. The molecule has 2 saturated heterocycles. The van der Waals surface area contributed by atoms with Crippen LogP contribution in [0.15, 0.2) is 30.7 Å². The number of rotatable bonds is 4. The highest BCUT2D eigenvalue weighted by Crippen LogP contribution is 2.30. The summed E-state index contributed by atoms with van der Waals surface area (Å²) in [4.78, 5) is 15.2. The lowest BCUT2D eigenvalue weighted by Gasteiger charge is -2.31. The highest BCUT2D eigenvalue weighted by molar-refractivity contribution is 7.15. The second kappa shape index (κ2) is 6.97. The lowest BCUT2D eigenvalue weighted by atomic mass is 9.90. The van der Waals surface area contributed by atoms with Gasteiger partial charge in [-0.25, -0.2) is 4.98 Å². The van der Waals surface area contributed by atoms with Gasteiger partial charge in [-0.05, 0) is 62.4 Å². The van der Waals surface area contributed by atoms with Crippen LogP contribution in [0.5, 0.6) is 0 Å². The van der Waals surface area contributed by atoms with E-state index in [-0.39, 0.29) is 0 Å². The predicted molar refractivity (Wildman–Crippen MR) is 95.1 cm³/mol. The van der Waals surface area contributed by atoms with Gasteiger partial charge in [0.1, 0.15) is 0 Å². The molecule has 2 fully saturated rings. The third-order valence-electron chi connectivity index (χ3n) is 5.06. The third-order valence-corrected chi connectivity index (χ3v) is 6.11. The van der Waals surface area contributed by atoms with E-state index in [0.29, 0.717) is 5.92 Å². The molecule has 122 valence electrons. The summed E-state index contributed by atoms with van der Waals surface area (Å²) < 4.78 is 0. The van der Waals surface area contributed by atoms with Crippen molar-refractivity contribution < 1.29 is 0 Å². The molecule has 0 aliphatic carbocycles. The largest absolute Gasteiger partial charge is 0.348 e. The van der Waals surface area contributed by atoms with Crippen molar-refractivity contribution >= 4 is 16.5 Å². The predicted octanol–water partition coefficient (Wildman–Crippen LogP) is 3.52. The summed E-state index contributed by atoms with van der Waals surface area (Å²) >= 11 is 1.89. The summed E-state index contributed by atoms with van der Waals surface area (Å²) in [6, 6.07) is 4.34. The zero-order valence-electron chi connectivity index (χ0n) is 13.5. The van der Waals surface area contributed by atoms with Crippen molar-refractivity contribution in [3.63, 3.8) is 0 Å². The van der Waals surface area contributed by atoms with E-state index in [4.69, 9.17) is 0 Å². The van der Waals surface area contributed by atoms with Crippen LogP contribution in [0.2, 0.25) is 0 Å². The van der Waals surface area contributed by atoms with E-state index in [2.05, 4.69) is 38.1 Å². The Balaban J connectivity index is 1.31. The normalized spacial score (nSPS) is 20.3. The van der Waals surface area contributed by atoms with Crippen LogP contribution in [0.25, 0.3) is 0 Å². The van der Waals surface area contributed by atoms with Gasteiger partial charge >= 0.3 is 0 Å². The Morgan fingerprint density at radius 1 is 1.04 bits per heavy atom. The Hall–Kier alpha value is -1.46. The van der Waals surface area contributed by atoms with Crippen LogP contribution in [0, 0.1) is 0 Å². The van der Waals surface area contributed by atoms with Crippen molar-refractivity contribution in [2.45, 2.75) is 38.1 Å². The molecule has 0 amide bonds. The summed E-state index contributed by atoms with van der Waals surface area (Å²) in [6.45, 7) is 5.80. The van der Waals surface area contributed by atoms with E-state index in [1.54, 1.807) is 0 Å². The maximum absolute atomic E-state index is 4.64. The average Bonchev–Trinajstić information content (AvgIpc) is 3.28. The summed E-state index contributed by atoms with van der Waals surface area (Å²) in [6.07, 6.45) is 11.1. The standard InChI is InChI=1S/C18H24N4S/c1-2-10-22(9-1)18-20-13-17(23-18)14-21-11-5-16(6-12-21)15-3-7-19-8-4-15/h3-4,7-8,13,16H,1-2,5-6,9-12,14H2. The van der Waals surface area contributed by atoms with Gasteiger partial charge in [0.05, 0.1) is 0 Å². The number of hydrogen-bond acceptors (Lipinski definition) is 5. The van der Waals surface area contributed by atoms with Crippen LogP contribution < -0.4 is 4.90 Å². The summed E-state index contributed by atoms with van der Waals surface area (Å²) in [5.74, 6) is 0.705. The van der Waals surface area contributed by atoms with Gasteiger partial charge in [-0.1, -0.05) is 0 Å². The van der Waals surface area contributed by atoms with Crippen molar-refractivity contribution in [1.29, 1.82) is 0 Å². The molecule has 0 atom stereocenters. The van der Waals surface area contributed by atoms with Crippen molar-refractivity contribution in [3.05, 3.63) is 41.2 Å². The minimum Gasteiger partial charge on any atom is -0.348 e. The minimum absolute atomic E-state index is 0.705. The smallest absolute Gasteiger partial charge is 0.185 e. The molecule has 2 aromatic rings. The van der Waals surface area contributed by atoms with Gasteiger partial charge in [0, 0.05) is 43.1 Å². The monoisotopic (exact) mass is 328 g/mol. The number of hydrogen-bond donors (Lipinski definition) is 0. The topological polar surface area (TPSA) is 32.3 Å². The molecular weight excluding hydrogens is 304 g/mol. The van der Waals surface area contributed by atoms with Gasteiger partial charge in [0.15, 0.2) is 5.13 Å². The van der Waals surface area contributed by atoms with Crippen LogP contribution in [0.4, 0.5) is 5.13 Å². The van der Waals surface area contributed by atoms with Crippen LogP contribution >= 0.6 is 11.3 Å².